The summed E-state index contributed by atoms with van der Waals surface area (Å²) in [6, 6.07) is 17.7. The number of aromatic nitrogens is 3. The van der Waals surface area contributed by atoms with E-state index in [1.807, 2.05) is 4.68 Å². The zero-order valence-corrected chi connectivity index (χ0v) is 12.6. The summed E-state index contributed by atoms with van der Waals surface area (Å²) < 4.78 is 1.88. The Morgan fingerprint density at radius 1 is 1.00 bits per heavy atom. The summed E-state index contributed by atoms with van der Waals surface area (Å²) >= 11 is 0. The Kier molecular flexibility index (Phi) is 3.24. The third-order valence-corrected chi connectivity index (χ3v) is 4.39. The van der Waals surface area contributed by atoms with Crippen molar-refractivity contribution >= 4 is 0 Å². The topological polar surface area (TPSA) is 34.0 Å². The number of hydrogen-bond acceptors (Lipinski definition) is 3. The van der Waals surface area contributed by atoms with Crippen molar-refractivity contribution in [2.75, 3.05) is 13.6 Å². The molecule has 0 radical (unpaired) electrons. The van der Waals surface area contributed by atoms with E-state index >= 15 is 0 Å². The molecule has 0 N–H and O–H groups in total. The summed E-state index contributed by atoms with van der Waals surface area (Å²) in [6.45, 7) is 1.77. The fraction of sp³-hybridized carbons (Fsp3) is 0.222. The van der Waals surface area contributed by atoms with Crippen LogP contribution in [-0.2, 0) is 6.54 Å². The largest absolute Gasteiger partial charge is 0.294 e. The van der Waals surface area contributed by atoms with Gasteiger partial charge >= 0.3 is 0 Å². The first-order valence-corrected chi connectivity index (χ1v) is 7.55. The average Bonchev–Trinajstić information content (AvgIpc) is 3.18. The summed E-state index contributed by atoms with van der Waals surface area (Å²) in [5, 5.41) is 4.18. The third kappa shape index (κ3) is 2.12. The molecule has 110 valence electrons. The number of nitrogens with zero attached hydrogens (tertiary/aromatic N) is 4. The van der Waals surface area contributed by atoms with Gasteiger partial charge in [0.1, 0.15) is 12.7 Å². The minimum absolute atomic E-state index is 0.316. The zero-order chi connectivity index (χ0) is 14.9. The monoisotopic (exact) mass is 290 g/mol. The Morgan fingerprint density at radius 2 is 1.64 bits per heavy atom. The minimum atomic E-state index is 0.316. The third-order valence-electron chi connectivity index (χ3n) is 4.39. The molecule has 22 heavy (non-hydrogen) atoms. The second-order valence-electron chi connectivity index (χ2n) is 5.72. The van der Waals surface area contributed by atoms with E-state index in [1.54, 1.807) is 12.7 Å². The smallest absolute Gasteiger partial charge is 0.137 e. The van der Waals surface area contributed by atoms with E-state index in [-0.39, 0.29) is 0 Å². The van der Waals surface area contributed by atoms with Crippen molar-refractivity contribution in [3.63, 3.8) is 0 Å². The second-order valence-corrected chi connectivity index (χ2v) is 5.72. The molecule has 1 aromatic heterocycles. The molecular formula is C18H18N4. The molecular weight excluding hydrogens is 272 g/mol. The molecule has 0 atom stereocenters. The summed E-state index contributed by atoms with van der Waals surface area (Å²) in [6.07, 6.45) is 3.35. The van der Waals surface area contributed by atoms with Gasteiger partial charge in [0.15, 0.2) is 0 Å². The predicted octanol–water partition coefficient (Wildman–Crippen LogP) is 2.98. The molecule has 0 spiro atoms. The molecule has 0 unspecified atom stereocenters. The van der Waals surface area contributed by atoms with Crippen molar-refractivity contribution in [2.24, 2.45) is 0 Å². The quantitative estimate of drug-likeness (QED) is 0.741. The Morgan fingerprint density at radius 3 is 2.23 bits per heavy atom. The highest BCUT2D eigenvalue weighted by Crippen LogP contribution is 2.45. The van der Waals surface area contributed by atoms with Gasteiger partial charge in [-0.3, -0.25) is 9.58 Å². The van der Waals surface area contributed by atoms with Gasteiger partial charge in [0, 0.05) is 6.54 Å². The molecule has 0 saturated carbocycles. The number of benzene rings is 2. The van der Waals surface area contributed by atoms with Crippen LogP contribution in [0.3, 0.4) is 0 Å². The van der Waals surface area contributed by atoms with E-state index in [0.29, 0.717) is 6.04 Å². The van der Waals surface area contributed by atoms with E-state index in [9.17, 15) is 0 Å². The normalized spacial score (nSPS) is 13.4. The summed E-state index contributed by atoms with van der Waals surface area (Å²) in [4.78, 5) is 6.40. The highest BCUT2D eigenvalue weighted by atomic mass is 15.3. The Bertz CT molecular complexity index is 734. The van der Waals surface area contributed by atoms with Crippen LogP contribution in [0.4, 0.5) is 0 Å². The highest BCUT2D eigenvalue weighted by Gasteiger charge is 2.30. The van der Waals surface area contributed by atoms with E-state index < -0.39 is 0 Å². The van der Waals surface area contributed by atoms with Crippen LogP contribution in [0.2, 0.25) is 0 Å². The van der Waals surface area contributed by atoms with Gasteiger partial charge in [-0.05, 0) is 29.3 Å². The number of rotatable bonds is 4. The zero-order valence-electron chi connectivity index (χ0n) is 12.6. The Balaban J connectivity index is 1.66. The van der Waals surface area contributed by atoms with Gasteiger partial charge in [-0.2, -0.15) is 5.10 Å². The molecule has 1 heterocycles. The first-order chi connectivity index (χ1) is 10.8. The average molecular weight is 290 g/mol. The fourth-order valence-corrected chi connectivity index (χ4v) is 3.34. The molecule has 0 aliphatic heterocycles. The maximum absolute atomic E-state index is 4.18. The van der Waals surface area contributed by atoms with Crippen molar-refractivity contribution in [2.45, 2.75) is 12.6 Å². The highest BCUT2D eigenvalue weighted by molar-refractivity contribution is 5.78. The van der Waals surface area contributed by atoms with E-state index in [2.05, 4.69) is 70.6 Å². The molecule has 0 amide bonds. The number of fused-ring (bicyclic) bond motifs is 3. The molecule has 3 aromatic rings. The number of likely N-dealkylation sites (N-methyl/N-ethyl adjacent to an activating group) is 1. The second kappa shape index (κ2) is 5.39. The van der Waals surface area contributed by atoms with Gasteiger partial charge in [-0.25, -0.2) is 4.98 Å². The van der Waals surface area contributed by atoms with Crippen molar-refractivity contribution < 1.29 is 0 Å². The molecule has 4 nitrogen and oxygen atoms in total. The SMILES string of the molecule is CN(CCn1cncn1)C1c2ccccc2-c2ccccc21. The van der Waals surface area contributed by atoms with Gasteiger partial charge in [0.25, 0.3) is 0 Å². The van der Waals surface area contributed by atoms with E-state index in [4.69, 9.17) is 0 Å². The predicted molar refractivity (Wildman–Crippen MR) is 86.4 cm³/mol. The first kappa shape index (κ1) is 13.2. The lowest BCUT2D eigenvalue weighted by Crippen LogP contribution is -2.28. The minimum Gasteiger partial charge on any atom is -0.294 e. The summed E-state index contributed by atoms with van der Waals surface area (Å²) in [7, 11) is 2.18. The lowest BCUT2D eigenvalue weighted by atomic mass is 10.0. The molecule has 1 aliphatic carbocycles. The van der Waals surface area contributed by atoms with Gasteiger partial charge in [-0.15, -0.1) is 0 Å². The standard InChI is InChI=1S/C18H18N4/c1-21(10-11-22-13-19-12-20-22)18-16-8-4-2-6-14(16)15-7-3-5-9-17(15)18/h2-9,12-13,18H,10-11H2,1H3. The van der Waals surface area contributed by atoms with Gasteiger partial charge < -0.3 is 0 Å². The van der Waals surface area contributed by atoms with Crippen LogP contribution in [0.1, 0.15) is 17.2 Å². The molecule has 2 aromatic carbocycles. The van der Waals surface area contributed by atoms with Crippen LogP contribution in [0.15, 0.2) is 61.2 Å². The van der Waals surface area contributed by atoms with Crippen LogP contribution >= 0.6 is 0 Å². The van der Waals surface area contributed by atoms with E-state index in [0.717, 1.165) is 13.1 Å². The van der Waals surface area contributed by atoms with Crippen LogP contribution in [0.5, 0.6) is 0 Å². The Labute approximate surface area is 130 Å². The van der Waals surface area contributed by atoms with Crippen molar-refractivity contribution in [3.05, 3.63) is 72.3 Å². The first-order valence-electron chi connectivity index (χ1n) is 7.55. The lowest BCUT2D eigenvalue weighted by Gasteiger charge is -2.26. The van der Waals surface area contributed by atoms with Crippen molar-refractivity contribution in [1.29, 1.82) is 0 Å². The van der Waals surface area contributed by atoms with Gasteiger partial charge in [0.2, 0.25) is 0 Å². The molecule has 4 heteroatoms. The molecule has 4 rings (SSSR count). The van der Waals surface area contributed by atoms with Crippen LogP contribution in [-0.4, -0.2) is 33.3 Å². The summed E-state index contributed by atoms with van der Waals surface area (Å²) in [5.74, 6) is 0. The number of hydrogen-bond donors (Lipinski definition) is 0. The molecule has 0 fully saturated rings. The Hall–Kier alpha value is -2.46. The van der Waals surface area contributed by atoms with Crippen LogP contribution in [0.25, 0.3) is 11.1 Å². The van der Waals surface area contributed by atoms with Gasteiger partial charge in [-0.1, -0.05) is 48.5 Å². The van der Waals surface area contributed by atoms with Crippen molar-refractivity contribution in [3.8, 4) is 11.1 Å². The maximum atomic E-state index is 4.18. The van der Waals surface area contributed by atoms with Crippen LogP contribution in [0, 0.1) is 0 Å². The summed E-state index contributed by atoms with van der Waals surface area (Å²) in [5.41, 5.74) is 5.50. The van der Waals surface area contributed by atoms with Gasteiger partial charge in [0.05, 0.1) is 12.6 Å². The van der Waals surface area contributed by atoms with E-state index in [1.165, 1.54) is 22.3 Å². The molecule has 0 bridgehead atoms. The molecule has 0 saturated heterocycles. The fourth-order valence-electron chi connectivity index (χ4n) is 3.34. The lowest BCUT2D eigenvalue weighted by molar-refractivity contribution is 0.266. The molecule has 1 aliphatic rings. The maximum Gasteiger partial charge on any atom is 0.137 e. The van der Waals surface area contributed by atoms with Crippen LogP contribution < -0.4 is 0 Å². The van der Waals surface area contributed by atoms with Crippen molar-refractivity contribution in [1.82, 2.24) is 19.7 Å².